The van der Waals surface area contributed by atoms with E-state index in [0.29, 0.717) is 22.9 Å². The fourth-order valence-corrected chi connectivity index (χ4v) is 5.62. The number of carbonyl (C=O) groups is 2. The molecule has 2 aromatic carbocycles. The maximum absolute atomic E-state index is 15.0. The maximum Gasteiger partial charge on any atom is 0.291 e. The first kappa shape index (κ1) is 24.2. The SMILES string of the molecule is C[C@H]1CCN(c2cc3c(cc2F)N(C)C(=O)C(NC(=O)c2ncn(Cc4ccccc4F)n2)CS3)C1. The van der Waals surface area contributed by atoms with E-state index in [1.165, 1.54) is 39.8 Å². The largest absolute Gasteiger partial charge is 0.369 e. The van der Waals surface area contributed by atoms with Gasteiger partial charge in [-0.2, -0.15) is 0 Å². The number of nitrogens with zero attached hydrogens (tertiary/aromatic N) is 5. The summed E-state index contributed by atoms with van der Waals surface area (Å²) >= 11 is 1.40. The lowest BCUT2D eigenvalue weighted by Gasteiger charge is -2.24. The summed E-state index contributed by atoms with van der Waals surface area (Å²) in [5.41, 5.74) is 1.43. The number of thioether (sulfide) groups is 1. The number of fused-ring (bicyclic) bond motifs is 1. The van der Waals surface area contributed by atoms with E-state index < -0.39 is 11.9 Å². The highest BCUT2D eigenvalue weighted by Gasteiger charge is 2.32. The fraction of sp³-hybridized carbons (Fsp3) is 0.360. The zero-order valence-corrected chi connectivity index (χ0v) is 20.8. The van der Waals surface area contributed by atoms with Crippen LogP contribution in [0.5, 0.6) is 0 Å². The van der Waals surface area contributed by atoms with Gasteiger partial charge in [0.15, 0.2) is 0 Å². The monoisotopic (exact) mass is 512 g/mol. The summed E-state index contributed by atoms with van der Waals surface area (Å²) < 4.78 is 30.3. The van der Waals surface area contributed by atoms with Crippen LogP contribution >= 0.6 is 11.8 Å². The molecule has 3 aromatic rings. The van der Waals surface area contributed by atoms with Crippen molar-refractivity contribution < 1.29 is 18.4 Å². The molecule has 188 valence electrons. The van der Waals surface area contributed by atoms with Gasteiger partial charge in [-0.05, 0) is 24.5 Å². The Balaban J connectivity index is 1.29. The van der Waals surface area contributed by atoms with Crippen LogP contribution in [0, 0.1) is 17.6 Å². The first-order chi connectivity index (χ1) is 17.3. The molecule has 2 amide bonds. The number of nitrogens with one attached hydrogen (secondary N) is 1. The Morgan fingerprint density at radius 2 is 2.00 bits per heavy atom. The molecule has 1 unspecified atom stereocenters. The van der Waals surface area contributed by atoms with Gasteiger partial charge in [-0.15, -0.1) is 16.9 Å². The van der Waals surface area contributed by atoms with Crippen molar-refractivity contribution in [3.63, 3.8) is 0 Å². The van der Waals surface area contributed by atoms with Gasteiger partial charge in [0.25, 0.3) is 5.91 Å². The second kappa shape index (κ2) is 9.88. The Morgan fingerprint density at radius 3 is 2.75 bits per heavy atom. The number of hydrogen-bond donors (Lipinski definition) is 1. The number of likely N-dealkylation sites (N-methyl/N-ethyl adjacent to an activating group) is 1. The molecule has 1 fully saturated rings. The summed E-state index contributed by atoms with van der Waals surface area (Å²) in [4.78, 5) is 34.2. The minimum absolute atomic E-state index is 0.118. The van der Waals surface area contributed by atoms with E-state index in [1.54, 1.807) is 31.3 Å². The maximum atomic E-state index is 15.0. The lowest BCUT2D eigenvalue weighted by molar-refractivity contribution is -0.119. The third-order valence-electron chi connectivity index (χ3n) is 6.52. The standard InChI is InChI=1S/C25H26F2N6O2S/c1-15-7-8-32(11-15)20-10-22-21(9-18(20)27)31(2)25(35)19(13-36-22)29-24(34)23-28-14-33(30-23)12-16-5-3-4-6-17(16)26/h3-6,9-10,14-15,19H,7-8,11-13H2,1-2H3,(H,29,34)/t15-,19?/m0/s1. The number of rotatable bonds is 5. The number of aromatic nitrogens is 3. The third kappa shape index (κ3) is 4.79. The molecule has 0 spiro atoms. The smallest absolute Gasteiger partial charge is 0.291 e. The Labute approximate surface area is 211 Å². The van der Waals surface area contributed by atoms with E-state index in [9.17, 15) is 14.0 Å². The van der Waals surface area contributed by atoms with Gasteiger partial charge in [-0.3, -0.25) is 9.59 Å². The second-order valence-electron chi connectivity index (χ2n) is 9.20. The van der Waals surface area contributed by atoms with Gasteiger partial charge in [0.05, 0.1) is 17.9 Å². The number of anilines is 2. The van der Waals surface area contributed by atoms with Crippen molar-refractivity contribution in [2.75, 3.05) is 35.7 Å². The second-order valence-corrected chi connectivity index (χ2v) is 10.3. The van der Waals surface area contributed by atoms with Crippen LogP contribution in [0.25, 0.3) is 0 Å². The Morgan fingerprint density at radius 1 is 1.19 bits per heavy atom. The van der Waals surface area contributed by atoms with Gasteiger partial charge in [0.1, 0.15) is 24.0 Å². The quantitative estimate of drug-likeness (QED) is 0.565. The number of carbonyl (C=O) groups excluding carboxylic acids is 2. The van der Waals surface area contributed by atoms with Crippen LogP contribution < -0.4 is 15.1 Å². The molecule has 11 heteroatoms. The molecule has 0 saturated carbocycles. The number of hydrogen-bond acceptors (Lipinski definition) is 6. The Bertz CT molecular complexity index is 1320. The lowest BCUT2D eigenvalue weighted by atomic mass is 10.2. The van der Waals surface area contributed by atoms with Crippen LogP contribution in [0.15, 0.2) is 47.6 Å². The van der Waals surface area contributed by atoms with Gasteiger partial charge in [0, 0.05) is 42.4 Å². The van der Waals surface area contributed by atoms with Crippen LogP contribution in [-0.2, 0) is 11.3 Å². The van der Waals surface area contributed by atoms with E-state index in [0.717, 1.165) is 24.4 Å². The molecule has 2 atom stereocenters. The van der Waals surface area contributed by atoms with E-state index in [-0.39, 0.29) is 35.7 Å². The van der Waals surface area contributed by atoms with Gasteiger partial charge < -0.3 is 15.1 Å². The van der Waals surface area contributed by atoms with Gasteiger partial charge in [-0.25, -0.2) is 18.4 Å². The predicted molar refractivity (Wildman–Crippen MR) is 133 cm³/mol. The molecular weight excluding hydrogens is 486 g/mol. The van der Waals surface area contributed by atoms with Gasteiger partial charge in [0.2, 0.25) is 11.7 Å². The van der Waals surface area contributed by atoms with E-state index in [4.69, 9.17) is 0 Å². The lowest BCUT2D eigenvalue weighted by Crippen LogP contribution is -2.48. The molecule has 1 aromatic heterocycles. The van der Waals surface area contributed by atoms with Crippen molar-refractivity contribution in [3.8, 4) is 0 Å². The molecule has 0 aliphatic carbocycles. The third-order valence-corrected chi connectivity index (χ3v) is 7.66. The first-order valence-electron chi connectivity index (χ1n) is 11.7. The normalized spacial score (nSPS) is 19.8. The fourth-order valence-electron chi connectivity index (χ4n) is 4.51. The molecule has 1 saturated heterocycles. The zero-order valence-electron chi connectivity index (χ0n) is 19.9. The summed E-state index contributed by atoms with van der Waals surface area (Å²) in [6.07, 6.45) is 2.36. The highest BCUT2D eigenvalue weighted by atomic mass is 32.2. The molecule has 36 heavy (non-hydrogen) atoms. The summed E-state index contributed by atoms with van der Waals surface area (Å²) in [6, 6.07) is 8.64. The summed E-state index contributed by atoms with van der Waals surface area (Å²) in [6.45, 7) is 3.86. The minimum atomic E-state index is -0.850. The van der Waals surface area contributed by atoms with Gasteiger partial charge in [-0.1, -0.05) is 25.1 Å². The molecule has 1 N–H and O–H groups in total. The molecule has 2 aliphatic rings. The van der Waals surface area contributed by atoms with Crippen LogP contribution in [0.4, 0.5) is 20.2 Å². The average Bonchev–Trinajstić information content (AvgIpc) is 3.49. The van der Waals surface area contributed by atoms with Crippen molar-refractivity contribution in [1.29, 1.82) is 0 Å². The van der Waals surface area contributed by atoms with E-state index in [1.807, 2.05) is 4.90 Å². The molecular formula is C25H26F2N6O2S. The van der Waals surface area contributed by atoms with Crippen LogP contribution in [0.1, 0.15) is 29.5 Å². The van der Waals surface area contributed by atoms with Crippen molar-refractivity contribution >= 4 is 35.0 Å². The molecule has 0 bridgehead atoms. The first-order valence-corrected chi connectivity index (χ1v) is 12.7. The average molecular weight is 513 g/mol. The van der Waals surface area contributed by atoms with Crippen molar-refractivity contribution in [2.24, 2.45) is 5.92 Å². The molecule has 0 radical (unpaired) electrons. The molecule has 2 aliphatic heterocycles. The Hall–Kier alpha value is -3.47. The molecule has 5 rings (SSSR count). The van der Waals surface area contributed by atoms with Crippen LogP contribution in [0.2, 0.25) is 0 Å². The summed E-state index contributed by atoms with van der Waals surface area (Å²) in [5, 5.41) is 6.83. The molecule has 3 heterocycles. The predicted octanol–water partition coefficient (Wildman–Crippen LogP) is 3.32. The van der Waals surface area contributed by atoms with Crippen molar-refractivity contribution in [2.45, 2.75) is 30.8 Å². The van der Waals surface area contributed by atoms with Crippen molar-refractivity contribution in [3.05, 3.63) is 65.7 Å². The Kier molecular flexibility index (Phi) is 6.65. The molecule has 8 nitrogen and oxygen atoms in total. The van der Waals surface area contributed by atoms with E-state index >= 15 is 4.39 Å². The van der Waals surface area contributed by atoms with E-state index in [2.05, 4.69) is 22.3 Å². The van der Waals surface area contributed by atoms with Crippen LogP contribution in [0.3, 0.4) is 0 Å². The summed E-state index contributed by atoms with van der Waals surface area (Å²) in [7, 11) is 1.57. The topological polar surface area (TPSA) is 83.4 Å². The highest BCUT2D eigenvalue weighted by Crippen LogP contribution is 2.39. The van der Waals surface area contributed by atoms with Crippen LogP contribution in [-0.4, -0.2) is 58.5 Å². The zero-order chi connectivity index (χ0) is 25.4. The minimum Gasteiger partial charge on any atom is -0.369 e. The number of benzene rings is 2. The van der Waals surface area contributed by atoms with Crippen molar-refractivity contribution in [1.82, 2.24) is 20.1 Å². The van der Waals surface area contributed by atoms with Gasteiger partial charge >= 0.3 is 0 Å². The highest BCUT2D eigenvalue weighted by molar-refractivity contribution is 7.99. The summed E-state index contributed by atoms with van der Waals surface area (Å²) in [5.74, 6) is -1.05. The number of halogens is 2. The number of amides is 2.